The summed E-state index contributed by atoms with van der Waals surface area (Å²) in [4.78, 5) is 14.5. The van der Waals surface area contributed by atoms with Gasteiger partial charge in [-0.1, -0.05) is 13.0 Å². The van der Waals surface area contributed by atoms with Crippen LogP contribution >= 0.6 is 0 Å². The fraction of sp³-hybridized carbons (Fsp3) is 0.562. The van der Waals surface area contributed by atoms with Crippen molar-refractivity contribution in [2.24, 2.45) is 5.41 Å². The van der Waals surface area contributed by atoms with Crippen LogP contribution in [0.2, 0.25) is 0 Å². The average molecular weight is 276 g/mol. The van der Waals surface area contributed by atoms with Crippen LogP contribution in [0.25, 0.3) is 0 Å². The molecule has 20 heavy (non-hydrogen) atoms. The molecule has 4 heteroatoms. The van der Waals surface area contributed by atoms with E-state index in [0.29, 0.717) is 12.1 Å². The first-order valence-corrected chi connectivity index (χ1v) is 7.16. The predicted molar refractivity (Wildman–Crippen MR) is 80.0 cm³/mol. The summed E-state index contributed by atoms with van der Waals surface area (Å²) in [6.07, 6.45) is 2.17. The molecule has 1 aliphatic heterocycles. The minimum atomic E-state index is -0.192. The van der Waals surface area contributed by atoms with E-state index in [4.69, 9.17) is 0 Å². The van der Waals surface area contributed by atoms with E-state index < -0.39 is 0 Å². The molecule has 0 aliphatic carbocycles. The van der Waals surface area contributed by atoms with Crippen LogP contribution in [0.4, 0.5) is 0 Å². The van der Waals surface area contributed by atoms with Crippen LogP contribution in [0.15, 0.2) is 18.2 Å². The Morgan fingerprint density at radius 1 is 1.40 bits per heavy atom. The monoisotopic (exact) mass is 276 g/mol. The molecule has 4 nitrogen and oxygen atoms in total. The average Bonchev–Trinajstić information content (AvgIpc) is 2.40. The van der Waals surface area contributed by atoms with E-state index >= 15 is 0 Å². The first kappa shape index (κ1) is 14.9. The lowest BCUT2D eigenvalue weighted by Gasteiger charge is -2.37. The molecule has 0 saturated carbocycles. The van der Waals surface area contributed by atoms with Crippen LogP contribution in [0, 0.1) is 12.3 Å². The fourth-order valence-electron chi connectivity index (χ4n) is 2.56. The Morgan fingerprint density at radius 3 is 2.65 bits per heavy atom. The summed E-state index contributed by atoms with van der Waals surface area (Å²) in [6, 6.07) is 5.13. The fourth-order valence-corrected chi connectivity index (χ4v) is 2.56. The van der Waals surface area contributed by atoms with E-state index in [1.54, 1.807) is 12.1 Å². The number of carbonyl (C=O) groups excluding carboxylic acids is 1. The van der Waals surface area contributed by atoms with E-state index in [1.807, 2.05) is 13.0 Å². The zero-order chi connectivity index (χ0) is 14.8. The minimum Gasteiger partial charge on any atom is -0.507 e. The van der Waals surface area contributed by atoms with Gasteiger partial charge in [-0.05, 0) is 63.0 Å². The molecule has 1 heterocycles. The molecule has 0 radical (unpaired) electrons. The SMILES string of the molecule is Cc1ccc(C(=O)NCC2(C)CCN(C)CC2)c(O)c1. The van der Waals surface area contributed by atoms with E-state index in [2.05, 4.69) is 24.2 Å². The highest BCUT2D eigenvalue weighted by atomic mass is 16.3. The van der Waals surface area contributed by atoms with Crippen LogP contribution in [0.1, 0.15) is 35.7 Å². The van der Waals surface area contributed by atoms with Gasteiger partial charge in [0.2, 0.25) is 0 Å². The third kappa shape index (κ3) is 3.51. The molecule has 0 bridgehead atoms. The summed E-state index contributed by atoms with van der Waals surface area (Å²) in [6.45, 7) is 6.91. The second kappa shape index (κ2) is 5.83. The van der Waals surface area contributed by atoms with Gasteiger partial charge in [0.25, 0.3) is 5.91 Å². The Balaban J connectivity index is 1.95. The summed E-state index contributed by atoms with van der Waals surface area (Å²) in [7, 11) is 2.13. The Hall–Kier alpha value is -1.55. The third-order valence-electron chi connectivity index (χ3n) is 4.27. The Labute approximate surface area is 120 Å². The van der Waals surface area contributed by atoms with E-state index in [1.165, 1.54) is 0 Å². The van der Waals surface area contributed by atoms with E-state index in [0.717, 1.165) is 31.5 Å². The lowest BCUT2D eigenvalue weighted by Crippen LogP contribution is -2.43. The highest BCUT2D eigenvalue weighted by Crippen LogP contribution is 2.29. The van der Waals surface area contributed by atoms with Crippen LogP contribution in [-0.4, -0.2) is 42.6 Å². The number of aryl methyl sites for hydroxylation is 1. The summed E-state index contributed by atoms with van der Waals surface area (Å²) in [5.74, 6) is -0.140. The van der Waals surface area contributed by atoms with Crippen molar-refractivity contribution >= 4 is 5.91 Å². The van der Waals surface area contributed by atoms with E-state index in [9.17, 15) is 9.90 Å². The van der Waals surface area contributed by atoms with Gasteiger partial charge in [-0.3, -0.25) is 4.79 Å². The second-order valence-electron chi connectivity index (χ2n) is 6.32. The first-order valence-electron chi connectivity index (χ1n) is 7.16. The van der Waals surface area contributed by atoms with Gasteiger partial charge in [0, 0.05) is 6.54 Å². The van der Waals surface area contributed by atoms with Crippen LogP contribution in [0.5, 0.6) is 5.75 Å². The van der Waals surface area contributed by atoms with Gasteiger partial charge in [-0.25, -0.2) is 0 Å². The minimum absolute atomic E-state index is 0.0519. The number of likely N-dealkylation sites (tertiary alicyclic amines) is 1. The molecule has 0 atom stereocenters. The molecule has 1 fully saturated rings. The van der Waals surface area contributed by atoms with Crippen molar-refractivity contribution in [1.29, 1.82) is 0 Å². The van der Waals surface area contributed by atoms with Crippen LogP contribution in [0.3, 0.4) is 0 Å². The standard InChI is InChI=1S/C16H24N2O2/c1-12-4-5-13(14(19)10-12)15(20)17-11-16(2)6-8-18(3)9-7-16/h4-5,10,19H,6-9,11H2,1-3H3,(H,17,20). The number of nitrogens with zero attached hydrogens (tertiary/aromatic N) is 1. The largest absolute Gasteiger partial charge is 0.507 e. The number of benzene rings is 1. The molecule has 1 aromatic carbocycles. The van der Waals surface area contributed by atoms with Crippen molar-refractivity contribution < 1.29 is 9.90 Å². The van der Waals surface area contributed by atoms with Gasteiger partial charge in [-0.15, -0.1) is 0 Å². The molecule has 2 N–H and O–H groups in total. The lowest BCUT2D eigenvalue weighted by atomic mass is 9.80. The van der Waals surface area contributed by atoms with Crippen molar-refractivity contribution in [3.05, 3.63) is 29.3 Å². The second-order valence-corrected chi connectivity index (χ2v) is 6.32. The predicted octanol–water partition coefficient (Wildman–Crippen LogP) is 2.16. The number of carbonyl (C=O) groups is 1. The maximum Gasteiger partial charge on any atom is 0.255 e. The van der Waals surface area contributed by atoms with Crippen molar-refractivity contribution in [1.82, 2.24) is 10.2 Å². The van der Waals surface area contributed by atoms with Gasteiger partial charge >= 0.3 is 0 Å². The Bertz CT molecular complexity index is 491. The van der Waals surface area contributed by atoms with Gasteiger partial charge in [-0.2, -0.15) is 0 Å². The molecule has 1 aromatic rings. The van der Waals surface area contributed by atoms with Gasteiger partial charge in [0.1, 0.15) is 5.75 Å². The lowest BCUT2D eigenvalue weighted by molar-refractivity contribution is 0.0889. The molecular formula is C16H24N2O2. The van der Waals surface area contributed by atoms with Crippen LogP contribution in [-0.2, 0) is 0 Å². The number of nitrogens with one attached hydrogen (secondary N) is 1. The summed E-state index contributed by atoms with van der Waals surface area (Å²) in [5.41, 5.74) is 1.45. The van der Waals surface area contributed by atoms with Gasteiger partial charge < -0.3 is 15.3 Å². The number of aromatic hydroxyl groups is 1. The molecule has 110 valence electrons. The Kier molecular flexibility index (Phi) is 4.33. The number of phenolic OH excluding ortho intramolecular Hbond substituents is 1. The summed E-state index contributed by atoms with van der Waals surface area (Å²) in [5, 5.41) is 12.8. The molecule has 0 aromatic heterocycles. The maximum atomic E-state index is 12.1. The number of amides is 1. The van der Waals surface area contributed by atoms with Crippen molar-refractivity contribution in [3.8, 4) is 5.75 Å². The number of phenols is 1. The molecule has 1 aliphatic rings. The molecule has 0 spiro atoms. The van der Waals surface area contributed by atoms with Crippen molar-refractivity contribution in [2.75, 3.05) is 26.7 Å². The summed E-state index contributed by atoms with van der Waals surface area (Å²) < 4.78 is 0. The summed E-state index contributed by atoms with van der Waals surface area (Å²) >= 11 is 0. The van der Waals surface area contributed by atoms with Gasteiger partial charge in [0.05, 0.1) is 5.56 Å². The number of hydrogen-bond acceptors (Lipinski definition) is 3. The zero-order valence-corrected chi connectivity index (χ0v) is 12.6. The Morgan fingerprint density at radius 2 is 2.05 bits per heavy atom. The smallest absolute Gasteiger partial charge is 0.255 e. The topological polar surface area (TPSA) is 52.6 Å². The van der Waals surface area contributed by atoms with Gasteiger partial charge in [0.15, 0.2) is 0 Å². The normalized spacial score (nSPS) is 18.8. The van der Waals surface area contributed by atoms with E-state index in [-0.39, 0.29) is 17.1 Å². The molecule has 1 amide bonds. The highest BCUT2D eigenvalue weighted by molar-refractivity contribution is 5.96. The molecule has 1 saturated heterocycles. The van der Waals surface area contributed by atoms with Crippen molar-refractivity contribution in [2.45, 2.75) is 26.7 Å². The molecule has 2 rings (SSSR count). The number of hydrogen-bond donors (Lipinski definition) is 2. The zero-order valence-electron chi connectivity index (χ0n) is 12.6. The third-order valence-corrected chi connectivity index (χ3v) is 4.27. The number of rotatable bonds is 3. The van der Waals surface area contributed by atoms with Crippen molar-refractivity contribution in [3.63, 3.8) is 0 Å². The highest BCUT2D eigenvalue weighted by Gasteiger charge is 2.29. The molecule has 0 unspecified atom stereocenters. The maximum absolute atomic E-state index is 12.1. The van der Waals surface area contributed by atoms with Crippen LogP contribution < -0.4 is 5.32 Å². The number of piperidine rings is 1. The first-order chi connectivity index (χ1) is 9.39. The molecular weight excluding hydrogens is 252 g/mol. The quantitative estimate of drug-likeness (QED) is 0.889.